The van der Waals surface area contributed by atoms with Crippen LogP contribution in [0.3, 0.4) is 0 Å². The number of rotatable bonds is 3. The standard InChI is InChI=1S/C16H21BrN6O.ClH/c17-13-10-19-16-12(9-20-21-16)15(13)23-6-4-22(5-7-23)14(24)8-11-2-1-3-18-11;/h9-11,18H,1-8H2,(H,19,20,21);1H. The van der Waals surface area contributed by atoms with Gasteiger partial charge in [-0.25, -0.2) is 4.98 Å². The van der Waals surface area contributed by atoms with Crippen molar-refractivity contribution in [2.75, 3.05) is 37.6 Å². The third kappa shape index (κ3) is 3.75. The van der Waals surface area contributed by atoms with E-state index in [0.29, 0.717) is 12.5 Å². The van der Waals surface area contributed by atoms with Crippen LogP contribution in [0.5, 0.6) is 0 Å². The van der Waals surface area contributed by atoms with Gasteiger partial charge in [0.15, 0.2) is 5.65 Å². The summed E-state index contributed by atoms with van der Waals surface area (Å²) in [5.74, 6) is 0.274. The Labute approximate surface area is 161 Å². The zero-order chi connectivity index (χ0) is 16.5. The van der Waals surface area contributed by atoms with E-state index in [0.717, 1.165) is 60.3 Å². The van der Waals surface area contributed by atoms with E-state index in [9.17, 15) is 4.79 Å². The first-order valence-electron chi connectivity index (χ1n) is 8.46. The van der Waals surface area contributed by atoms with Gasteiger partial charge in [-0.1, -0.05) is 0 Å². The molecule has 9 heteroatoms. The maximum atomic E-state index is 12.5. The Kier molecular flexibility index (Phi) is 5.81. The molecule has 25 heavy (non-hydrogen) atoms. The molecule has 2 aliphatic rings. The summed E-state index contributed by atoms with van der Waals surface area (Å²) in [7, 11) is 0. The zero-order valence-corrected chi connectivity index (χ0v) is 16.3. The fourth-order valence-electron chi connectivity index (χ4n) is 3.63. The molecule has 2 N–H and O–H groups in total. The molecule has 1 atom stereocenters. The van der Waals surface area contributed by atoms with E-state index < -0.39 is 0 Å². The van der Waals surface area contributed by atoms with Crippen LogP contribution in [0.1, 0.15) is 19.3 Å². The van der Waals surface area contributed by atoms with Gasteiger partial charge in [0.1, 0.15) is 0 Å². The van der Waals surface area contributed by atoms with E-state index in [1.54, 1.807) is 6.20 Å². The number of nitrogens with zero attached hydrogens (tertiary/aromatic N) is 4. The molecule has 0 aromatic carbocycles. The molecule has 2 saturated heterocycles. The number of carbonyl (C=O) groups excluding carboxylic acids is 1. The fraction of sp³-hybridized carbons (Fsp3) is 0.562. The highest BCUT2D eigenvalue weighted by Crippen LogP contribution is 2.33. The smallest absolute Gasteiger partial charge is 0.224 e. The van der Waals surface area contributed by atoms with Gasteiger partial charge in [-0.05, 0) is 35.3 Å². The van der Waals surface area contributed by atoms with Gasteiger partial charge < -0.3 is 15.1 Å². The number of aromatic amines is 1. The Morgan fingerprint density at radius 3 is 2.80 bits per heavy atom. The molecule has 1 unspecified atom stereocenters. The number of pyridine rings is 1. The van der Waals surface area contributed by atoms with Gasteiger partial charge in [-0.3, -0.25) is 9.89 Å². The number of fused-ring (bicyclic) bond motifs is 1. The lowest BCUT2D eigenvalue weighted by atomic mass is 10.1. The van der Waals surface area contributed by atoms with Crippen LogP contribution in [0.15, 0.2) is 16.9 Å². The Morgan fingerprint density at radius 1 is 1.28 bits per heavy atom. The van der Waals surface area contributed by atoms with Crippen molar-refractivity contribution in [1.82, 2.24) is 25.4 Å². The highest BCUT2D eigenvalue weighted by atomic mass is 79.9. The van der Waals surface area contributed by atoms with Crippen molar-refractivity contribution in [3.05, 3.63) is 16.9 Å². The normalized spacial score (nSPS) is 20.8. The van der Waals surface area contributed by atoms with Gasteiger partial charge in [0.25, 0.3) is 0 Å². The molecule has 7 nitrogen and oxygen atoms in total. The monoisotopic (exact) mass is 428 g/mol. The van der Waals surface area contributed by atoms with Gasteiger partial charge in [0.2, 0.25) is 5.91 Å². The van der Waals surface area contributed by atoms with Gasteiger partial charge in [0.05, 0.1) is 21.7 Å². The van der Waals surface area contributed by atoms with Crippen molar-refractivity contribution in [3.63, 3.8) is 0 Å². The average molecular weight is 430 g/mol. The van der Waals surface area contributed by atoms with Crippen molar-refractivity contribution >= 4 is 51.0 Å². The molecular formula is C16H22BrClN6O. The van der Waals surface area contributed by atoms with Gasteiger partial charge in [0, 0.05) is 44.8 Å². The van der Waals surface area contributed by atoms with Crippen LogP contribution in [0, 0.1) is 0 Å². The Balaban J connectivity index is 0.00000182. The predicted octanol–water partition coefficient (Wildman–Crippen LogP) is 1.93. The van der Waals surface area contributed by atoms with Crippen molar-refractivity contribution in [2.45, 2.75) is 25.3 Å². The number of carbonyl (C=O) groups is 1. The molecule has 2 aromatic heterocycles. The first-order chi connectivity index (χ1) is 11.7. The molecule has 0 spiro atoms. The molecule has 2 fully saturated rings. The minimum absolute atomic E-state index is 0. The highest BCUT2D eigenvalue weighted by Gasteiger charge is 2.26. The van der Waals surface area contributed by atoms with Crippen LogP contribution < -0.4 is 10.2 Å². The van der Waals surface area contributed by atoms with E-state index in [2.05, 4.69) is 41.3 Å². The lowest BCUT2D eigenvalue weighted by Gasteiger charge is -2.37. The number of aromatic nitrogens is 3. The van der Waals surface area contributed by atoms with Crippen molar-refractivity contribution in [1.29, 1.82) is 0 Å². The number of anilines is 1. The predicted molar refractivity (Wildman–Crippen MR) is 103 cm³/mol. The van der Waals surface area contributed by atoms with Gasteiger partial charge in [-0.2, -0.15) is 5.10 Å². The Hall–Kier alpha value is -1.38. The minimum Gasteiger partial charge on any atom is -0.366 e. The summed E-state index contributed by atoms with van der Waals surface area (Å²) in [6.45, 7) is 4.22. The quantitative estimate of drug-likeness (QED) is 0.780. The number of piperazine rings is 1. The number of hydrogen-bond donors (Lipinski definition) is 2. The summed E-state index contributed by atoms with van der Waals surface area (Å²) in [5.41, 5.74) is 1.90. The summed E-state index contributed by atoms with van der Waals surface area (Å²) >= 11 is 3.61. The molecule has 0 radical (unpaired) electrons. The maximum Gasteiger partial charge on any atom is 0.224 e. The SMILES string of the molecule is Cl.O=C(CC1CCCN1)N1CCN(c2c(Br)cnc3[nH]ncc23)CC1. The second-order valence-electron chi connectivity index (χ2n) is 6.45. The second-order valence-corrected chi connectivity index (χ2v) is 7.31. The number of amides is 1. The fourth-order valence-corrected chi connectivity index (χ4v) is 4.20. The van der Waals surface area contributed by atoms with Crippen molar-refractivity contribution in [2.24, 2.45) is 0 Å². The minimum atomic E-state index is 0. The molecule has 2 aliphatic heterocycles. The van der Waals surface area contributed by atoms with Gasteiger partial charge in [-0.15, -0.1) is 12.4 Å². The Bertz CT molecular complexity index is 739. The molecule has 0 saturated carbocycles. The first-order valence-corrected chi connectivity index (χ1v) is 9.25. The number of halogens is 2. The maximum absolute atomic E-state index is 12.5. The largest absolute Gasteiger partial charge is 0.366 e. The highest BCUT2D eigenvalue weighted by molar-refractivity contribution is 9.10. The van der Waals surface area contributed by atoms with E-state index >= 15 is 0 Å². The summed E-state index contributed by atoms with van der Waals surface area (Å²) in [6, 6.07) is 0.371. The number of hydrogen-bond acceptors (Lipinski definition) is 5. The molecule has 2 aromatic rings. The van der Waals surface area contributed by atoms with Crippen LogP contribution in [0.2, 0.25) is 0 Å². The van der Waals surface area contributed by atoms with E-state index in [4.69, 9.17) is 0 Å². The van der Waals surface area contributed by atoms with Crippen LogP contribution in [-0.4, -0.2) is 64.8 Å². The van der Waals surface area contributed by atoms with E-state index in [1.165, 1.54) is 6.42 Å². The first kappa shape index (κ1) is 18.4. The summed E-state index contributed by atoms with van der Waals surface area (Å²) in [4.78, 5) is 21.1. The number of H-pyrrole nitrogens is 1. The van der Waals surface area contributed by atoms with Crippen LogP contribution in [0.25, 0.3) is 11.0 Å². The Morgan fingerprint density at radius 2 is 2.08 bits per heavy atom. The number of nitrogens with one attached hydrogen (secondary N) is 2. The third-order valence-electron chi connectivity index (χ3n) is 4.94. The molecule has 0 bridgehead atoms. The lowest BCUT2D eigenvalue weighted by Crippen LogP contribution is -2.49. The molecule has 1 amide bonds. The van der Waals surface area contributed by atoms with E-state index in [1.807, 2.05) is 11.1 Å². The zero-order valence-electron chi connectivity index (χ0n) is 13.9. The second kappa shape index (κ2) is 7.88. The topological polar surface area (TPSA) is 77.2 Å². The lowest BCUT2D eigenvalue weighted by molar-refractivity contribution is -0.131. The molecule has 136 valence electrons. The van der Waals surface area contributed by atoms with Crippen LogP contribution >= 0.6 is 28.3 Å². The van der Waals surface area contributed by atoms with Crippen molar-refractivity contribution < 1.29 is 4.79 Å². The van der Waals surface area contributed by atoms with Crippen LogP contribution in [-0.2, 0) is 4.79 Å². The van der Waals surface area contributed by atoms with E-state index in [-0.39, 0.29) is 18.3 Å². The summed E-state index contributed by atoms with van der Waals surface area (Å²) < 4.78 is 0.964. The molecule has 4 heterocycles. The molecule has 0 aliphatic carbocycles. The third-order valence-corrected chi connectivity index (χ3v) is 5.52. The summed E-state index contributed by atoms with van der Waals surface area (Å²) in [6.07, 6.45) is 6.55. The van der Waals surface area contributed by atoms with Crippen molar-refractivity contribution in [3.8, 4) is 0 Å². The van der Waals surface area contributed by atoms with Crippen LogP contribution in [0.4, 0.5) is 5.69 Å². The average Bonchev–Trinajstić information content (AvgIpc) is 3.26. The van der Waals surface area contributed by atoms with Gasteiger partial charge >= 0.3 is 0 Å². The molecular weight excluding hydrogens is 408 g/mol. The molecule has 4 rings (SSSR count). The summed E-state index contributed by atoms with van der Waals surface area (Å²) in [5, 5.41) is 11.4.